The van der Waals surface area contributed by atoms with Gasteiger partial charge in [-0.25, -0.2) is 4.98 Å². The van der Waals surface area contributed by atoms with Crippen LogP contribution in [0.2, 0.25) is 0 Å². The maximum Gasteiger partial charge on any atom is 0.191 e. The molecule has 0 aliphatic heterocycles. The lowest BCUT2D eigenvalue weighted by Crippen LogP contribution is -2.38. The molecule has 0 atom stereocenters. The van der Waals surface area contributed by atoms with Gasteiger partial charge in [0.1, 0.15) is 0 Å². The molecule has 4 nitrogen and oxygen atoms in total. The minimum Gasteiger partial charge on any atom is -0.356 e. The topological polar surface area (TPSA) is 49.3 Å². The molecule has 2 N–H and O–H groups in total. The van der Waals surface area contributed by atoms with Gasteiger partial charge in [0.05, 0.1) is 10.7 Å². The van der Waals surface area contributed by atoms with Gasteiger partial charge in [0.25, 0.3) is 0 Å². The molecular formula is C18H26N4S2. The smallest absolute Gasteiger partial charge is 0.191 e. The summed E-state index contributed by atoms with van der Waals surface area (Å²) >= 11 is 3.52. The Morgan fingerprint density at radius 3 is 2.83 bits per heavy atom. The van der Waals surface area contributed by atoms with Gasteiger partial charge in [0.2, 0.25) is 0 Å². The first kappa shape index (κ1) is 18.8. The Labute approximate surface area is 153 Å². The van der Waals surface area contributed by atoms with Gasteiger partial charge in [-0.2, -0.15) is 0 Å². The number of thiazole rings is 1. The molecule has 0 bridgehead atoms. The van der Waals surface area contributed by atoms with Crippen LogP contribution in [0.4, 0.5) is 0 Å². The lowest BCUT2D eigenvalue weighted by Gasteiger charge is -2.13. The minimum atomic E-state index is 0.771. The molecule has 0 spiro atoms. The number of nitrogens with one attached hydrogen (secondary N) is 2. The van der Waals surface area contributed by atoms with Gasteiger partial charge in [-0.1, -0.05) is 19.1 Å². The predicted octanol–water partition coefficient (Wildman–Crippen LogP) is 3.64. The summed E-state index contributed by atoms with van der Waals surface area (Å²) in [6, 6.07) is 6.56. The Kier molecular flexibility index (Phi) is 7.59. The Hall–Kier alpha value is -1.53. The van der Waals surface area contributed by atoms with Crippen LogP contribution in [0, 0.1) is 6.92 Å². The van der Waals surface area contributed by atoms with Crippen LogP contribution in [0.25, 0.3) is 0 Å². The summed E-state index contributed by atoms with van der Waals surface area (Å²) in [7, 11) is 1.80. The van der Waals surface area contributed by atoms with E-state index in [0.29, 0.717) is 0 Å². The molecule has 2 rings (SSSR count). The van der Waals surface area contributed by atoms with Gasteiger partial charge >= 0.3 is 0 Å². The van der Waals surface area contributed by atoms with Crippen LogP contribution < -0.4 is 10.6 Å². The van der Waals surface area contributed by atoms with Gasteiger partial charge in [-0.15, -0.1) is 23.1 Å². The number of hydrogen-bond acceptors (Lipinski definition) is 4. The van der Waals surface area contributed by atoms with Gasteiger partial charge < -0.3 is 10.6 Å². The highest BCUT2D eigenvalue weighted by molar-refractivity contribution is 7.98. The summed E-state index contributed by atoms with van der Waals surface area (Å²) in [6.45, 7) is 5.86. The third kappa shape index (κ3) is 5.53. The number of aliphatic imine (C=N–C) groups is 1. The van der Waals surface area contributed by atoms with E-state index in [4.69, 9.17) is 0 Å². The molecule has 0 saturated carbocycles. The van der Waals surface area contributed by atoms with Crippen molar-refractivity contribution in [1.29, 1.82) is 0 Å². The average molecular weight is 363 g/mol. The summed E-state index contributed by atoms with van der Waals surface area (Å²) in [4.78, 5) is 10.2. The first-order chi connectivity index (χ1) is 11.7. The van der Waals surface area contributed by atoms with Crippen molar-refractivity contribution in [3.63, 3.8) is 0 Å². The van der Waals surface area contributed by atoms with Gasteiger partial charge in [0, 0.05) is 36.8 Å². The van der Waals surface area contributed by atoms with Crippen molar-refractivity contribution in [3.8, 4) is 0 Å². The highest BCUT2D eigenvalue weighted by atomic mass is 32.2. The van der Waals surface area contributed by atoms with E-state index in [1.54, 1.807) is 30.1 Å². The fraction of sp³-hybridized carbons (Fsp3) is 0.444. The molecule has 0 amide bonds. The second kappa shape index (κ2) is 9.69. The zero-order chi connectivity index (χ0) is 17.4. The predicted molar refractivity (Wildman–Crippen MR) is 106 cm³/mol. The normalized spacial score (nSPS) is 11.6. The number of hydrogen-bond donors (Lipinski definition) is 2. The largest absolute Gasteiger partial charge is 0.356 e. The van der Waals surface area contributed by atoms with Crippen molar-refractivity contribution < 1.29 is 0 Å². The van der Waals surface area contributed by atoms with E-state index >= 15 is 0 Å². The molecule has 0 saturated heterocycles. The first-order valence-corrected chi connectivity index (χ1v) is 10.3. The molecule has 130 valence electrons. The van der Waals surface area contributed by atoms with E-state index in [2.05, 4.69) is 64.3 Å². The van der Waals surface area contributed by atoms with Crippen LogP contribution in [0.3, 0.4) is 0 Å². The molecule has 2 aromatic rings. The van der Waals surface area contributed by atoms with Gasteiger partial charge in [-0.3, -0.25) is 4.99 Å². The highest BCUT2D eigenvalue weighted by Crippen LogP contribution is 2.21. The van der Waals surface area contributed by atoms with Crippen molar-refractivity contribution in [2.24, 2.45) is 4.99 Å². The molecule has 1 heterocycles. The molecule has 6 heteroatoms. The summed E-state index contributed by atoms with van der Waals surface area (Å²) in [5.74, 6) is 0.827. The fourth-order valence-electron chi connectivity index (χ4n) is 2.33. The molecule has 0 fully saturated rings. The molecular weight excluding hydrogens is 336 g/mol. The second-order valence-corrected chi connectivity index (χ2v) is 7.29. The minimum absolute atomic E-state index is 0.771. The van der Waals surface area contributed by atoms with E-state index in [1.807, 2.05) is 0 Å². The summed E-state index contributed by atoms with van der Waals surface area (Å²) in [5.41, 5.74) is 3.74. The number of nitrogens with zero attached hydrogens (tertiary/aromatic N) is 2. The Balaban J connectivity index is 1.82. The standard InChI is InChI=1S/C18H26N4S2/c1-5-17-22-15(12-24-17)8-9-20-18(19-3)21-11-14-7-6-13(2)10-16(14)23-4/h6-7,10,12H,5,8-9,11H2,1-4H3,(H2,19,20,21). The number of rotatable bonds is 7. The van der Waals surface area contributed by atoms with Crippen molar-refractivity contribution >= 4 is 29.1 Å². The lowest BCUT2D eigenvalue weighted by molar-refractivity contribution is 0.780. The molecule has 1 aromatic heterocycles. The van der Waals surface area contributed by atoms with E-state index < -0.39 is 0 Å². The first-order valence-electron chi connectivity index (χ1n) is 8.17. The number of guanidine groups is 1. The molecule has 0 radical (unpaired) electrons. The zero-order valence-corrected chi connectivity index (χ0v) is 16.5. The van der Waals surface area contributed by atoms with E-state index in [-0.39, 0.29) is 0 Å². The molecule has 0 aliphatic rings. The number of thioether (sulfide) groups is 1. The highest BCUT2D eigenvalue weighted by Gasteiger charge is 2.05. The third-order valence-corrected chi connectivity index (χ3v) is 5.55. The average Bonchev–Trinajstić information content (AvgIpc) is 3.06. The number of aromatic nitrogens is 1. The van der Waals surface area contributed by atoms with Crippen LogP contribution >= 0.6 is 23.1 Å². The van der Waals surface area contributed by atoms with Crippen LogP contribution in [-0.2, 0) is 19.4 Å². The number of benzene rings is 1. The second-order valence-electron chi connectivity index (χ2n) is 5.50. The molecule has 1 aromatic carbocycles. The quantitative estimate of drug-likeness (QED) is 0.448. The monoisotopic (exact) mass is 362 g/mol. The lowest BCUT2D eigenvalue weighted by atomic mass is 10.1. The Morgan fingerprint density at radius 2 is 2.17 bits per heavy atom. The van der Waals surface area contributed by atoms with Crippen LogP contribution in [0.1, 0.15) is 28.8 Å². The SMILES string of the molecule is CCc1nc(CCNC(=NC)NCc2ccc(C)cc2SC)cs1. The molecule has 24 heavy (non-hydrogen) atoms. The van der Waals surface area contributed by atoms with Crippen molar-refractivity contribution in [2.45, 2.75) is 38.1 Å². The summed E-state index contributed by atoms with van der Waals surface area (Å²) < 4.78 is 0. The number of aryl methyl sites for hydroxylation is 2. The van der Waals surface area contributed by atoms with Gasteiger partial charge in [-0.05, 0) is 36.8 Å². The van der Waals surface area contributed by atoms with E-state index in [9.17, 15) is 0 Å². The molecule has 0 unspecified atom stereocenters. The van der Waals surface area contributed by atoms with Crippen molar-refractivity contribution in [3.05, 3.63) is 45.4 Å². The maximum absolute atomic E-state index is 4.59. The van der Waals surface area contributed by atoms with Crippen LogP contribution in [0.5, 0.6) is 0 Å². The van der Waals surface area contributed by atoms with E-state index in [1.165, 1.54) is 21.0 Å². The van der Waals surface area contributed by atoms with Gasteiger partial charge in [0.15, 0.2) is 5.96 Å². The van der Waals surface area contributed by atoms with Crippen molar-refractivity contribution in [2.75, 3.05) is 19.8 Å². The summed E-state index contributed by atoms with van der Waals surface area (Å²) in [6.07, 6.45) is 4.04. The zero-order valence-electron chi connectivity index (χ0n) is 14.8. The maximum atomic E-state index is 4.59. The molecule has 0 aliphatic carbocycles. The van der Waals surface area contributed by atoms with Crippen LogP contribution in [0.15, 0.2) is 33.5 Å². The summed E-state index contributed by atoms with van der Waals surface area (Å²) in [5, 5.41) is 10.1. The van der Waals surface area contributed by atoms with E-state index in [0.717, 1.165) is 37.6 Å². The van der Waals surface area contributed by atoms with Crippen molar-refractivity contribution in [1.82, 2.24) is 15.6 Å². The third-order valence-electron chi connectivity index (χ3n) is 3.69. The Morgan fingerprint density at radius 1 is 1.33 bits per heavy atom. The Bertz CT molecular complexity index is 679. The fourth-order valence-corrected chi connectivity index (χ4v) is 3.82. The van der Waals surface area contributed by atoms with Crippen LogP contribution in [-0.4, -0.2) is 30.8 Å².